The largest absolute Gasteiger partial charge is 0.481 e. The lowest BCUT2D eigenvalue weighted by Crippen LogP contribution is -2.55. The molecule has 2 saturated heterocycles. The van der Waals surface area contributed by atoms with E-state index in [9.17, 15) is 19.5 Å². The van der Waals surface area contributed by atoms with E-state index in [-0.39, 0.29) is 30.9 Å². The van der Waals surface area contributed by atoms with Gasteiger partial charge in [0.15, 0.2) is 0 Å². The van der Waals surface area contributed by atoms with Crippen molar-refractivity contribution >= 4 is 18.0 Å². The Labute approximate surface area is 205 Å². The zero-order chi connectivity index (χ0) is 24.6. The lowest BCUT2D eigenvalue weighted by molar-refractivity contribution is -0.144. The van der Waals surface area contributed by atoms with Crippen molar-refractivity contribution in [3.05, 3.63) is 59.7 Å². The molecule has 1 unspecified atom stereocenters. The third-order valence-corrected chi connectivity index (χ3v) is 7.99. The molecule has 0 aromatic heterocycles. The zero-order valence-corrected chi connectivity index (χ0v) is 20.0. The summed E-state index contributed by atoms with van der Waals surface area (Å²) in [6.45, 7) is 2.15. The second kappa shape index (κ2) is 9.36. The molecule has 2 amide bonds. The van der Waals surface area contributed by atoms with Crippen LogP contribution in [-0.2, 0) is 14.3 Å². The van der Waals surface area contributed by atoms with Gasteiger partial charge in [-0.25, -0.2) is 4.79 Å². The van der Waals surface area contributed by atoms with E-state index in [1.54, 1.807) is 4.90 Å². The van der Waals surface area contributed by atoms with Crippen molar-refractivity contribution in [2.24, 2.45) is 0 Å². The average molecular weight is 477 g/mol. The van der Waals surface area contributed by atoms with Crippen LogP contribution in [0.3, 0.4) is 0 Å². The average Bonchev–Trinajstić information content (AvgIpc) is 3.48. The molecular weight excluding hydrogens is 444 g/mol. The third kappa shape index (κ3) is 4.17. The van der Waals surface area contributed by atoms with Crippen molar-refractivity contribution in [3.8, 4) is 11.1 Å². The van der Waals surface area contributed by atoms with Gasteiger partial charge in [0.25, 0.3) is 0 Å². The number of alkyl carbamates (subject to hydrolysis) is 1. The van der Waals surface area contributed by atoms with Gasteiger partial charge in [0.1, 0.15) is 12.6 Å². The normalized spacial score (nSPS) is 23.0. The van der Waals surface area contributed by atoms with E-state index in [2.05, 4.69) is 29.6 Å². The highest BCUT2D eigenvalue weighted by atomic mass is 16.5. The summed E-state index contributed by atoms with van der Waals surface area (Å²) in [4.78, 5) is 39.8. The van der Waals surface area contributed by atoms with Crippen molar-refractivity contribution in [3.63, 3.8) is 0 Å². The van der Waals surface area contributed by atoms with Crippen LogP contribution >= 0.6 is 0 Å². The molecule has 0 spiro atoms. The van der Waals surface area contributed by atoms with Crippen LogP contribution in [0.25, 0.3) is 11.1 Å². The number of nitrogens with one attached hydrogen (secondary N) is 1. The summed E-state index contributed by atoms with van der Waals surface area (Å²) in [7, 11) is 0. The molecule has 7 heteroatoms. The van der Waals surface area contributed by atoms with E-state index in [0.717, 1.165) is 35.1 Å². The van der Waals surface area contributed by atoms with Gasteiger partial charge in [0, 0.05) is 12.0 Å². The molecule has 2 heterocycles. The number of hydrogen-bond acceptors (Lipinski definition) is 4. The molecule has 184 valence electrons. The highest BCUT2D eigenvalue weighted by molar-refractivity contribution is 5.88. The SMILES string of the molecule is CCCC(NC(=O)OCC1c2ccccc2-c2ccccc21)C(=O)N1C2CCC1(CC(=O)O)CC2. The van der Waals surface area contributed by atoms with Crippen molar-refractivity contribution < 1.29 is 24.2 Å². The van der Waals surface area contributed by atoms with E-state index in [1.165, 1.54) is 0 Å². The van der Waals surface area contributed by atoms with Gasteiger partial charge in [0.05, 0.1) is 12.0 Å². The number of hydrogen-bond donors (Lipinski definition) is 2. The van der Waals surface area contributed by atoms with Crippen LogP contribution in [0, 0.1) is 0 Å². The van der Waals surface area contributed by atoms with Gasteiger partial charge in [-0.3, -0.25) is 9.59 Å². The molecule has 35 heavy (non-hydrogen) atoms. The molecule has 1 atom stereocenters. The van der Waals surface area contributed by atoms with E-state index in [4.69, 9.17) is 4.74 Å². The summed E-state index contributed by atoms with van der Waals surface area (Å²) in [6.07, 6.45) is 3.60. The van der Waals surface area contributed by atoms with E-state index in [0.29, 0.717) is 25.7 Å². The van der Waals surface area contributed by atoms with Crippen molar-refractivity contribution in [1.82, 2.24) is 10.2 Å². The number of rotatable bonds is 8. The molecule has 2 bridgehead atoms. The summed E-state index contributed by atoms with van der Waals surface area (Å²) in [5, 5.41) is 12.3. The molecule has 3 aliphatic rings. The molecule has 2 aromatic rings. The van der Waals surface area contributed by atoms with Crippen LogP contribution in [0.4, 0.5) is 4.79 Å². The van der Waals surface area contributed by atoms with Gasteiger partial charge in [0.2, 0.25) is 5.91 Å². The Kier molecular flexibility index (Phi) is 6.26. The first-order valence-electron chi connectivity index (χ1n) is 12.6. The first kappa shape index (κ1) is 23.4. The predicted octanol–water partition coefficient (Wildman–Crippen LogP) is 4.69. The standard InChI is InChI=1S/C28H32N2O5/c1-2-7-24(26(33)30-18-12-14-28(30,15-13-18)16-25(31)32)29-27(34)35-17-23-21-10-5-3-8-19(21)20-9-4-6-11-22(20)23/h3-6,8-11,18,23-24H,2,7,12-17H2,1H3,(H,29,34)(H,31,32). The lowest BCUT2D eigenvalue weighted by atomic mass is 9.85. The molecule has 2 fully saturated rings. The molecular formula is C28H32N2O5. The number of nitrogens with zero attached hydrogens (tertiary/aromatic N) is 1. The van der Waals surface area contributed by atoms with Crippen LogP contribution in [0.5, 0.6) is 0 Å². The van der Waals surface area contributed by atoms with Gasteiger partial charge >= 0.3 is 12.1 Å². The fourth-order valence-electron chi connectivity index (χ4n) is 6.48. The Morgan fingerprint density at radius 2 is 1.66 bits per heavy atom. The summed E-state index contributed by atoms with van der Waals surface area (Å²) in [5.41, 5.74) is 3.95. The molecule has 2 aliphatic heterocycles. The Morgan fingerprint density at radius 1 is 1.06 bits per heavy atom. The lowest BCUT2D eigenvalue weighted by Gasteiger charge is -2.36. The van der Waals surface area contributed by atoms with E-state index >= 15 is 0 Å². The Balaban J connectivity index is 1.27. The number of carboxylic acid groups (broad SMARTS) is 1. The monoisotopic (exact) mass is 476 g/mol. The first-order valence-corrected chi connectivity index (χ1v) is 12.6. The van der Waals surface area contributed by atoms with Gasteiger partial charge in [-0.1, -0.05) is 61.9 Å². The molecule has 0 radical (unpaired) electrons. The van der Waals surface area contributed by atoms with E-state index < -0.39 is 23.6 Å². The van der Waals surface area contributed by atoms with Crippen LogP contribution in [-0.4, -0.2) is 52.2 Å². The minimum absolute atomic E-state index is 0.0426. The van der Waals surface area contributed by atoms with Crippen LogP contribution in [0.2, 0.25) is 0 Å². The number of carbonyl (C=O) groups is 3. The quantitative estimate of drug-likeness (QED) is 0.576. The summed E-state index contributed by atoms with van der Waals surface area (Å²) < 4.78 is 5.67. The number of carboxylic acids is 1. The Bertz CT molecular complexity index is 1090. The zero-order valence-electron chi connectivity index (χ0n) is 20.0. The molecule has 7 nitrogen and oxygen atoms in total. The van der Waals surface area contributed by atoms with Gasteiger partial charge < -0.3 is 20.1 Å². The predicted molar refractivity (Wildman–Crippen MR) is 131 cm³/mol. The Morgan fingerprint density at radius 3 is 2.23 bits per heavy atom. The highest BCUT2D eigenvalue weighted by Crippen LogP contribution is 2.49. The second-order valence-corrected chi connectivity index (χ2v) is 10.0. The summed E-state index contributed by atoms with van der Waals surface area (Å²) in [6, 6.07) is 15.6. The van der Waals surface area contributed by atoms with Crippen LogP contribution < -0.4 is 5.32 Å². The molecule has 0 saturated carbocycles. The van der Waals surface area contributed by atoms with Gasteiger partial charge in [-0.15, -0.1) is 0 Å². The molecule has 5 rings (SSSR count). The van der Waals surface area contributed by atoms with Crippen LogP contribution in [0.1, 0.15) is 68.9 Å². The fourth-order valence-corrected chi connectivity index (χ4v) is 6.48. The number of ether oxygens (including phenoxy) is 1. The number of carbonyl (C=O) groups excluding carboxylic acids is 2. The summed E-state index contributed by atoms with van der Waals surface area (Å²) >= 11 is 0. The number of amides is 2. The molecule has 2 aromatic carbocycles. The number of aliphatic carboxylic acids is 1. The van der Waals surface area contributed by atoms with Crippen LogP contribution in [0.15, 0.2) is 48.5 Å². The third-order valence-electron chi connectivity index (χ3n) is 7.99. The molecule has 2 N–H and O–H groups in total. The fraction of sp³-hybridized carbons (Fsp3) is 0.464. The highest BCUT2D eigenvalue weighted by Gasteiger charge is 2.55. The van der Waals surface area contributed by atoms with Gasteiger partial charge in [-0.2, -0.15) is 0 Å². The maximum Gasteiger partial charge on any atom is 0.407 e. The topological polar surface area (TPSA) is 95.9 Å². The Hall–Kier alpha value is -3.35. The minimum Gasteiger partial charge on any atom is -0.481 e. The second-order valence-electron chi connectivity index (χ2n) is 10.0. The van der Waals surface area contributed by atoms with Gasteiger partial charge in [-0.05, 0) is 54.4 Å². The van der Waals surface area contributed by atoms with Crippen molar-refractivity contribution in [2.75, 3.05) is 6.61 Å². The first-order chi connectivity index (χ1) is 16.9. The van der Waals surface area contributed by atoms with E-state index in [1.807, 2.05) is 31.2 Å². The smallest absolute Gasteiger partial charge is 0.407 e. The van der Waals surface area contributed by atoms with Crippen molar-refractivity contribution in [1.29, 1.82) is 0 Å². The number of benzene rings is 2. The maximum absolute atomic E-state index is 13.6. The maximum atomic E-state index is 13.6. The minimum atomic E-state index is -0.887. The molecule has 1 aliphatic carbocycles. The van der Waals surface area contributed by atoms with Crippen molar-refractivity contribution in [2.45, 2.75) is 75.4 Å². The summed E-state index contributed by atoms with van der Waals surface area (Å²) in [5.74, 6) is -1.12. The number of fused-ring (bicyclic) bond motifs is 5.